The first-order chi connectivity index (χ1) is 19.1. The third-order valence-electron chi connectivity index (χ3n) is 10.9. The first kappa shape index (κ1) is 27.6. The molecule has 0 unspecified atom stereocenters. The minimum atomic E-state index is -2.11. The predicted molar refractivity (Wildman–Crippen MR) is 161 cm³/mol. The molecule has 2 aliphatic heterocycles. The van der Waals surface area contributed by atoms with Gasteiger partial charge in [0.05, 0.1) is 17.5 Å². The topological polar surface area (TPSA) is 55.8 Å². The molecule has 4 aliphatic rings. The normalized spacial score (nSPS) is 27.3. The Bertz CT molecular complexity index is 1260. The molecule has 0 radical (unpaired) electrons. The standard InChI is InChI=1S/C34H45NO4Si/c1-21(2)40(22(3)4,23(5)6)39-25-14-15-26-27-16-17-28-30(31(27)34(18-10-11-19-34)38-29(26)20-25)33(37)35(32(28)36)24-12-8-7-9-13-24/h7-9,12-15,20-23,27-28,30-31H,10-11,16-19H2,1-6H3/t27-,28-,30-,31+/m0/s1. The van der Waals surface area contributed by atoms with Gasteiger partial charge < -0.3 is 9.16 Å². The van der Waals surface area contributed by atoms with Crippen molar-refractivity contribution in [1.29, 1.82) is 0 Å². The van der Waals surface area contributed by atoms with Gasteiger partial charge >= 0.3 is 0 Å². The molecule has 2 aliphatic carbocycles. The zero-order valence-electron chi connectivity index (χ0n) is 25.0. The van der Waals surface area contributed by atoms with Gasteiger partial charge in [-0.1, -0.05) is 65.8 Å². The van der Waals surface area contributed by atoms with Crippen molar-refractivity contribution in [3.63, 3.8) is 0 Å². The number of fused-ring (bicyclic) bond motifs is 6. The molecule has 40 heavy (non-hydrogen) atoms. The predicted octanol–water partition coefficient (Wildman–Crippen LogP) is 8.25. The Morgan fingerprint density at radius 2 is 1.48 bits per heavy atom. The van der Waals surface area contributed by atoms with Crippen LogP contribution in [0.2, 0.25) is 16.6 Å². The number of amides is 2. The summed E-state index contributed by atoms with van der Waals surface area (Å²) < 4.78 is 14.1. The van der Waals surface area contributed by atoms with E-state index in [9.17, 15) is 9.59 Å². The third kappa shape index (κ3) is 3.99. The van der Waals surface area contributed by atoms with Crippen molar-refractivity contribution in [1.82, 2.24) is 0 Å². The van der Waals surface area contributed by atoms with Gasteiger partial charge in [-0.15, -0.1) is 0 Å². The van der Waals surface area contributed by atoms with Gasteiger partial charge in [0.25, 0.3) is 8.32 Å². The van der Waals surface area contributed by atoms with Crippen LogP contribution in [0.15, 0.2) is 48.5 Å². The van der Waals surface area contributed by atoms with Crippen LogP contribution >= 0.6 is 0 Å². The molecular weight excluding hydrogens is 514 g/mol. The van der Waals surface area contributed by atoms with Crippen molar-refractivity contribution in [2.24, 2.45) is 17.8 Å². The molecule has 2 aromatic rings. The molecule has 0 aromatic heterocycles. The first-order valence-electron chi connectivity index (χ1n) is 15.6. The summed E-state index contributed by atoms with van der Waals surface area (Å²) in [4.78, 5) is 29.2. The van der Waals surface area contributed by atoms with Crippen LogP contribution in [0.4, 0.5) is 5.69 Å². The SMILES string of the molecule is CC(C)[Si](Oc1ccc2c(c1)OC1(CCCC1)[C@H]1[C@H]3C(=O)N(c4ccccc4)C(=O)[C@H]3CC[C@@H]21)(C(C)C)C(C)C. The average Bonchev–Trinajstić information content (AvgIpc) is 3.49. The van der Waals surface area contributed by atoms with E-state index < -0.39 is 13.9 Å². The zero-order valence-corrected chi connectivity index (χ0v) is 26.0. The van der Waals surface area contributed by atoms with E-state index in [-0.39, 0.29) is 35.5 Å². The summed E-state index contributed by atoms with van der Waals surface area (Å²) in [6, 6.07) is 16.0. The summed E-state index contributed by atoms with van der Waals surface area (Å²) in [5.41, 5.74) is 2.95. The fourth-order valence-corrected chi connectivity index (χ4v) is 14.6. The fourth-order valence-electron chi connectivity index (χ4n) is 9.35. The van der Waals surface area contributed by atoms with E-state index >= 15 is 0 Å². The third-order valence-corrected chi connectivity index (χ3v) is 16.9. The lowest BCUT2D eigenvalue weighted by Crippen LogP contribution is -2.55. The van der Waals surface area contributed by atoms with Crippen molar-refractivity contribution < 1.29 is 18.8 Å². The Kier molecular flexibility index (Phi) is 6.92. The molecule has 2 saturated carbocycles. The van der Waals surface area contributed by atoms with Crippen LogP contribution in [-0.2, 0) is 9.59 Å². The smallest absolute Gasteiger partial charge is 0.258 e. The van der Waals surface area contributed by atoms with E-state index in [1.807, 2.05) is 30.3 Å². The molecule has 0 bridgehead atoms. The Hall–Kier alpha value is -2.60. The van der Waals surface area contributed by atoms with E-state index in [2.05, 4.69) is 59.7 Å². The number of benzene rings is 2. The number of rotatable bonds is 6. The molecule has 1 spiro atoms. The Balaban J connectivity index is 1.39. The highest BCUT2D eigenvalue weighted by atomic mass is 28.4. The van der Waals surface area contributed by atoms with Gasteiger partial charge in [0.15, 0.2) is 0 Å². The fraction of sp³-hybridized carbons (Fsp3) is 0.588. The van der Waals surface area contributed by atoms with Crippen LogP contribution in [0.5, 0.6) is 11.5 Å². The quantitative estimate of drug-likeness (QED) is 0.264. The summed E-state index contributed by atoms with van der Waals surface area (Å²) in [6.45, 7) is 13.9. The number of para-hydroxylation sites is 1. The Labute approximate surface area is 240 Å². The van der Waals surface area contributed by atoms with Crippen LogP contribution in [-0.4, -0.2) is 25.7 Å². The lowest BCUT2D eigenvalue weighted by molar-refractivity contribution is -0.133. The molecule has 3 fully saturated rings. The minimum Gasteiger partial charge on any atom is -0.543 e. The van der Waals surface area contributed by atoms with Gasteiger partial charge in [0, 0.05) is 12.0 Å². The zero-order chi connectivity index (χ0) is 28.4. The highest BCUT2D eigenvalue weighted by molar-refractivity contribution is 6.78. The monoisotopic (exact) mass is 559 g/mol. The lowest BCUT2D eigenvalue weighted by atomic mass is 9.58. The summed E-state index contributed by atoms with van der Waals surface area (Å²) in [7, 11) is -2.11. The highest BCUT2D eigenvalue weighted by Crippen LogP contribution is 2.61. The number of ether oxygens (including phenoxy) is 1. The van der Waals surface area contributed by atoms with Crippen molar-refractivity contribution in [2.45, 2.75) is 108 Å². The van der Waals surface area contributed by atoms with Crippen molar-refractivity contribution in [3.05, 3.63) is 54.1 Å². The second-order valence-electron chi connectivity index (χ2n) is 13.7. The molecule has 214 valence electrons. The van der Waals surface area contributed by atoms with E-state index in [0.717, 1.165) is 50.0 Å². The van der Waals surface area contributed by atoms with Crippen LogP contribution < -0.4 is 14.1 Å². The van der Waals surface area contributed by atoms with Gasteiger partial charge in [-0.05, 0) is 84.8 Å². The van der Waals surface area contributed by atoms with E-state index in [1.165, 1.54) is 10.5 Å². The maximum absolute atomic E-state index is 14.1. The van der Waals surface area contributed by atoms with Gasteiger partial charge in [0.2, 0.25) is 11.8 Å². The second-order valence-corrected chi connectivity index (χ2v) is 19.1. The van der Waals surface area contributed by atoms with Crippen molar-refractivity contribution >= 4 is 25.8 Å². The summed E-state index contributed by atoms with van der Waals surface area (Å²) in [5, 5.41) is 0. The molecule has 6 rings (SSSR count). The maximum atomic E-state index is 14.1. The van der Waals surface area contributed by atoms with Crippen molar-refractivity contribution in [3.8, 4) is 11.5 Å². The second kappa shape index (κ2) is 10.0. The van der Waals surface area contributed by atoms with Gasteiger partial charge in [-0.2, -0.15) is 0 Å². The molecule has 6 heteroatoms. The molecule has 2 amide bonds. The number of carbonyl (C=O) groups is 2. The summed E-state index contributed by atoms with van der Waals surface area (Å²) >= 11 is 0. The van der Waals surface area contributed by atoms with E-state index in [0.29, 0.717) is 22.3 Å². The molecule has 2 aromatic carbocycles. The number of carbonyl (C=O) groups excluding carboxylic acids is 2. The van der Waals surface area contributed by atoms with Crippen LogP contribution in [0, 0.1) is 17.8 Å². The first-order valence-corrected chi connectivity index (χ1v) is 17.7. The van der Waals surface area contributed by atoms with Crippen LogP contribution in [0.1, 0.15) is 91.5 Å². The number of hydrogen-bond acceptors (Lipinski definition) is 4. The van der Waals surface area contributed by atoms with Crippen LogP contribution in [0.3, 0.4) is 0 Å². The van der Waals surface area contributed by atoms with Gasteiger partial charge in [-0.25, -0.2) is 0 Å². The highest BCUT2D eigenvalue weighted by Gasteiger charge is 2.64. The molecular formula is C34H45NO4Si. The Morgan fingerprint density at radius 1 is 0.850 bits per heavy atom. The number of nitrogens with zero attached hydrogens (tertiary/aromatic N) is 1. The molecule has 1 saturated heterocycles. The molecule has 0 N–H and O–H groups in total. The van der Waals surface area contributed by atoms with E-state index in [4.69, 9.17) is 9.16 Å². The lowest BCUT2D eigenvalue weighted by Gasteiger charge is -2.52. The van der Waals surface area contributed by atoms with Gasteiger partial charge in [-0.3, -0.25) is 14.5 Å². The minimum absolute atomic E-state index is 0.0219. The van der Waals surface area contributed by atoms with E-state index in [1.54, 1.807) is 0 Å². The van der Waals surface area contributed by atoms with Crippen LogP contribution in [0.25, 0.3) is 0 Å². The summed E-state index contributed by atoms with van der Waals surface area (Å²) in [6.07, 6.45) is 5.74. The van der Waals surface area contributed by atoms with Crippen molar-refractivity contribution in [2.75, 3.05) is 4.90 Å². The number of hydrogen-bond donors (Lipinski definition) is 0. The Morgan fingerprint density at radius 3 is 2.10 bits per heavy atom. The number of anilines is 1. The maximum Gasteiger partial charge on any atom is 0.258 e. The summed E-state index contributed by atoms with van der Waals surface area (Å²) in [5.74, 6) is 1.46. The largest absolute Gasteiger partial charge is 0.543 e. The molecule has 4 atom stereocenters. The average molecular weight is 560 g/mol. The molecule has 5 nitrogen and oxygen atoms in total. The molecule has 2 heterocycles. The number of imide groups is 1. The van der Waals surface area contributed by atoms with Gasteiger partial charge in [0.1, 0.15) is 17.1 Å².